The quantitative estimate of drug-likeness (QED) is 0.164. The van der Waals surface area contributed by atoms with Crippen LogP contribution in [0.4, 0.5) is 26.2 Å². The summed E-state index contributed by atoms with van der Waals surface area (Å²) >= 11 is 11.6. The summed E-state index contributed by atoms with van der Waals surface area (Å²) in [4.78, 5) is 19.9. The molecule has 10 nitrogen and oxygen atoms in total. The molecular formula is C37H45Cl2F2N10Na. The third kappa shape index (κ3) is 9.14. The molecule has 3 aliphatic rings. The van der Waals surface area contributed by atoms with Crippen LogP contribution in [-0.2, 0) is 6.42 Å². The van der Waals surface area contributed by atoms with Crippen LogP contribution in [0.5, 0.6) is 0 Å². The Labute approximate surface area is 337 Å². The third-order valence-electron chi connectivity index (χ3n) is 9.01. The molecule has 52 heavy (non-hydrogen) atoms. The first-order chi connectivity index (χ1) is 24.3. The van der Waals surface area contributed by atoms with Gasteiger partial charge in [-0.1, -0.05) is 68.7 Å². The number of hydrogen-bond acceptors (Lipinski definition) is 9. The minimum atomic E-state index is -3.36. The minimum absolute atomic E-state index is 0. The Kier molecular flexibility index (Phi) is 13.9. The van der Waals surface area contributed by atoms with Crippen molar-refractivity contribution in [2.45, 2.75) is 58.3 Å². The fourth-order valence-electron chi connectivity index (χ4n) is 6.41. The molecule has 3 aromatic rings. The smallest absolute Gasteiger partial charge is 0.442 e. The topological polar surface area (TPSA) is 104 Å². The number of nitrogens with zero attached hydrogens (tertiary/aromatic N) is 8. The van der Waals surface area contributed by atoms with E-state index in [2.05, 4.69) is 57.8 Å². The number of piperazine rings is 1. The average Bonchev–Trinajstić information content (AvgIpc) is 3.56. The first kappa shape index (κ1) is 41.2. The second kappa shape index (κ2) is 17.5. The van der Waals surface area contributed by atoms with Gasteiger partial charge in [-0.15, -0.1) is 5.10 Å². The summed E-state index contributed by atoms with van der Waals surface area (Å²) < 4.78 is 28.5. The number of anilines is 3. The molecule has 6 rings (SSSR count). The molecule has 0 unspecified atom stereocenters. The van der Waals surface area contributed by atoms with Gasteiger partial charge in [0, 0.05) is 43.1 Å². The molecule has 2 aromatic heterocycles. The number of aromatic nitrogens is 5. The number of nitrogens with two attached hydrogens (primary N) is 1. The van der Waals surface area contributed by atoms with Gasteiger partial charge in [0.25, 0.3) is 0 Å². The SMILES string of the molecule is C=C(CN1C([CH2-])=C(N2CCN(C(=C)c3ncnc(N)c3C)CC2)C(=C)n2nc(C3=CCCCC3)nc21)Nc1ccc(CC(F)(F)Cl)cc1Cl.CC.[Na+]. The van der Waals surface area contributed by atoms with Crippen molar-refractivity contribution in [3.05, 3.63) is 102 Å². The van der Waals surface area contributed by atoms with E-state index >= 15 is 0 Å². The first-order valence-corrected chi connectivity index (χ1v) is 17.8. The standard InChI is InChI=1S/C35H39Cl2F2N10.C2H6.Na/c1-21(43-29-12-11-26(17-28(29)36)18-35(37,38)39)19-48-24(4)31(25(5)49-34(48)44-33(45-49)27-9-7-6-8-10-27)47-15-13-46(14-16-47)23(3)30-22(2)32(40)42-20-41-30;1-2;/h9,11-12,17,20,43H,1,3-8,10,13-16,18-19H2,2H3,(H2,40,41,42);1-2H3;/q-1;;+1. The van der Waals surface area contributed by atoms with Crippen molar-refractivity contribution in [3.63, 3.8) is 0 Å². The third-order valence-corrected chi connectivity index (χ3v) is 9.46. The first-order valence-electron chi connectivity index (χ1n) is 17.1. The van der Waals surface area contributed by atoms with Gasteiger partial charge >= 0.3 is 34.9 Å². The largest absolute Gasteiger partial charge is 1.00 e. The van der Waals surface area contributed by atoms with Crippen molar-refractivity contribution < 1.29 is 38.3 Å². The van der Waals surface area contributed by atoms with Gasteiger partial charge in [-0.25, -0.2) is 21.6 Å². The van der Waals surface area contributed by atoms with Crippen LogP contribution in [0.1, 0.15) is 62.2 Å². The molecule has 1 aromatic carbocycles. The summed E-state index contributed by atoms with van der Waals surface area (Å²) in [6, 6.07) is 4.67. The van der Waals surface area contributed by atoms with Crippen LogP contribution in [0.2, 0.25) is 5.02 Å². The second-order valence-electron chi connectivity index (χ2n) is 12.4. The van der Waals surface area contributed by atoms with Crippen LogP contribution >= 0.6 is 23.2 Å². The van der Waals surface area contributed by atoms with Crippen LogP contribution < -0.4 is 45.5 Å². The van der Waals surface area contributed by atoms with E-state index in [0.29, 0.717) is 72.1 Å². The molecule has 1 aliphatic carbocycles. The summed E-state index contributed by atoms with van der Waals surface area (Å²) in [6.45, 7) is 26.4. The zero-order valence-electron chi connectivity index (χ0n) is 30.5. The Hall–Kier alpha value is -3.55. The average molecular weight is 762 g/mol. The molecule has 1 saturated heterocycles. The van der Waals surface area contributed by atoms with E-state index in [-0.39, 0.29) is 41.1 Å². The molecule has 0 saturated carbocycles. The molecule has 0 amide bonds. The molecule has 2 aliphatic heterocycles. The molecule has 4 heterocycles. The molecule has 3 N–H and O–H groups in total. The van der Waals surface area contributed by atoms with E-state index in [1.54, 1.807) is 16.8 Å². The fourth-order valence-corrected chi connectivity index (χ4v) is 6.81. The number of allylic oxidation sites excluding steroid dienone is 4. The molecule has 0 radical (unpaired) electrons. The van der Waals surface area contributed by atoms with E-state index in [0.717, 1.165) is 53.9 Å². The van der Waals surface area contributed by atoms with Gasteiger partial charge in [0.1, 0.15) is 12.1 Å². The number of fused-ring (bicyclic) bond motifs is 1. The van der Waals surface area contributed by atoms with E-state index < -0.39 is 11.8 Å². The number of hydrogen-bond donors (Lipinski definition) is 2. The fraction of sp³-hybridized carbons (Fsp3) is 0.378. The molecule has 0 atom stereocenters. The van der Waals surface area contributed by atoms with Crippen LogP contribution in [0, 0.1) is 13.8 Å². The monoisotopic (exact) mass is 760 g/mol. The van der Waals surface area contributed by atoms with Crippen molar-refractivity contribution in [1.29, 1.82) is 0 Å². The molecule has 1 fully saturated rings. The molecule has 15 heteroatoms. The predicted molar refractivity (Wildman–Crippen MR) is 205 cm³/mol. The van der Waals surface area contributed by atoms with Gasteiger partial charge in [-0.05, 0) is 67.5 Å². The number of rotatable bonds is 10. The zero-order chi connectivity index (χ0) is 37.0. The zero-order valence-corrected chi connectivity index (χ0v) is 34.0. The maximum Gasteiger partial charge on any atom is 1.00 e. The van der Waals surface area contributed by atoms with Gasteiger partial charge in [0.05, 0.1) is 35.1 Å². The Bertz CT molecular complexity index is 1880. The van der Waals surface area contributed by atoms with E-state index in [1.807, 2.05) is 25.7 Å². The van der Waals surface area contributed by atoms with Crippen LogP contribution in [0.25, 0.3) is 17.0 Å². The summed E-state index contributed by atoms with van der Waals surface area (Å²) in [5.74, 6) is 1.69. The minimum Gasteiger partial charge on any atom is -0.442 e. The summed E-state index contributed by atoms with van der Waals surface area (Å²) in [6.07, 6.45) is 7.19. The number of halogens is 4. The number of benzene rings is 1. The van der Waals surface area contributed by atoms with Crippen molar-refractivity contribution in [3.8, 4) is 0 Å². The Morgan fingerprint density at radius 3 is 2.46 bits per heavy atom. The normalized spacial score (nSPS) is 16.0. The molecule has 272 valence electrons. The predicted octanol–water partition coefficient (Wildman–Crippen LogP) is 5.22. The van der Waals surface area contributed by atoms with Gasteiger partial charge in [0.2, 0.25) is 5.95 Å². The van der Waals surface area contributed by atoms with Gasteiger partial charge in [-0.3, -0.25) is 0 Å². The van der Waals surface area contributed by atoms with Gasteiger partial charge in [-0.2, -0.15) is 13.8 Å². The van der Waals surface area contributed by atoms with Crippen molar-refractivity contribution >= 4 is 57.6 Å². The second-order valence-corrected chi connectivity index (χ2v) is 13.4. The Balaban J connectivity index is 0.00000198. The van der Waals surface area contributed by atoms with E-state index in [1.165, 1.54) is 12.4 Å². The van der Waals surface area contributed by atoms with Crippen LogP contribution in [0.15, 0.2) is 67.4 Å². The Morgan fingerprint density at radius 2 is 1.83 bits per heavy atom. The van der Waals surface area contributed by atoms with Crippen molar-refractivity contribution in [1.82, 2.24) is 34.5 Å². The Morgan fingerprint density at radius 1 is 1.12 bits per heavy atom. The maximum atomic E-state index is 13.4. The number of nitrogens with one attached hydrogen (secondary N) is 1. The van der Waals surface area contributed by atoms with E-state index in [9.17, 15) is 8.78 Å². The summed E-state index contributed by atoms with van der Waals surface area (Å²) in [7, 11) is 0. The van der Waals surface area contributed by atoms with Crippen LogP contribution in [-0.4, -0.2) is 72.6 Å². The van der Waals surface area contributed by atoms with Gasteiger partial charge in [0.15, 0.2) is 5.82 Å². The molecule has 0 spiro atoms. The maximum absolute atomic E-state index is 13.4. The van der Waals surface area contributed by atoms with E-state index in [4.69, 9.17) is 39.0 Å². The van der Waals surface area contributed by atoms with Gasteiger partial charge < -0.3 is 25.8 Å². The number of nitrogen functional groups attached to an aromatic ring is 1. The molecular weight excluding hydrogens is 716 g/mol. The van der Waals surface area contributed by atoms with Crippen molar-refractivity contribution in [2.75, 3.05) is 48.7 Å². The van der Waals surface area contributed by atoms with Crippen LogP contribution in [0.3, 0.4) is 0 Å². The molecule has 0 bridgehead atoms. The van der Waals surface area contributed by atoms with Crippen molar-refractivity contribution in [2.24, 2.45) is 0 Å². The number of alkyl halides is 3. The summed E-state index contributed by atoms with van der Waals surface area (Å²) in [5, 5.41) is 5.09. The summed E-state index contributed by atoms with van der Waals surface area (Å²) in [5.41, 5.74) is 13.2.